The van der Waals surface area contributed by atoms with E-state index in [2.05, 4.69) is 4.74 Å². The molecule has 0 N–H and O–H groups in total. The van der Waals surface area contributed by atoms with Crippen molar-refractivity contribution in [1.29, 1.82) is 0 Å². The van der Waals surface area contributed by atoms with E-state index >= 15 is 0 Å². The van der Waals surface area contributed by atoms with Gasteiger partial charge in [-0.15, -0.1) is 0 Å². The van der Waals surface area contributed by atoms with Gasteiger partial charge in [-0.2, -0.15) is 0 Å². The van der Waals surface area contributed by atoms with Crippen molar-refractivity contribution in [1.82, 2.24) is 4.57 Å². The van der Waals surface area contributed by atoms with Gasteiger partial charge in [-0.1, -0.05) is 12.1 Å². The predicted molar refractivity (Wildman–Crippen MR) is 74.2 cm³/mol. The number of hydrogen-bond donors (Lipinski definition) is 0. The molecule has 0 unspecified atom stereocenters. The monoisotopic (exact) mass is 306 g/mol. The number of hydrogen-bond acceptors (Lipinski definition) is 5. The van der Waals surface area contributed by atoms with Crippen molar-refractivity contribution < 1.29 is 18.8 Å². The predicted octanol–water partition coefficient (Wildman–Crippen LogP) is 1.73. The highest BCUT2D eigenvalue weighted by atomic mass is 19.1. The van der Waals surface area contributed by atoms with Gasteiger partial charge in [-0.3, -0.25) is 14.9 Å². The maximum absolute atomic E-state index is 13.2. The molecule has 0 aliphatic rings. The van der Waals surface area contributed by atoms with E-state index in [1.54, 1.807) is 6.07 Å². The minimum Gasteiger partial charge on any atom is -0.465 e. The highest BCUT2D eigenvalue weighted by Crippen LogP contribution is 2.13. The molecule has 0 aliphatic carbocycles. The zero-order chi connectivity index (χ0) is 16.3. The molecule has 1 aromatic carbocycles. The summed E-state index contributed by atoms with van der Waals surface area (Å²) in [4.78, 5) is 33.9. The van der Waals surface area contributed by atoms with Crippen molar-refractivity contribution in [2.24, 2.45) is 0 Å². The molecule has 0 fully saturated rings. The summed E-state index contributed by atoms with van der Waals surface area (Å²) in [5, 5.41) is 10.9. The highest BCUT2D eigenvalue weighted by molar-refractivity contribution is 5.89. The third kappa shape index (κ3) is 3.17. The van der Waals surface area contributed by atoms with Gasteiger partial charge >= 0.3 is 5.97 Å². The van der Waals surface area contributed by atoms with Crippen molar-refractivity contribution in [3.05, 3.63) is 73.9 Å². The Labute approximate surface area is 123 Å². The van der Waals surface area contributed by atoms with E-state index in [4.69, 9.17) is 0 Å². The molecule has 0 aliphatic heterocycles. The third-order valence-electron chi connectivity index (χ3n) is 2.93. The van der Waals surface area contributed by atoms with Crippen LogP contribution in [0.4, 0.5) is 10.1 Å². The number of rotatable bonds is 4. The molecule has 1 aromatic heterocycles. The van der Waals surface area contributed by atoms with Gasteiger partial charge in [0.25, 0.3) is 11.2 Å². The van der Waals surface area contributed by atoms with Crippen LogP contribution >= 0.6 is 0 Å². The number of methoxy groups -OCH3 is 1. The van der Waals surface area contributed by atoms with Crippen molar-refractivity contribution in [2.45, 2.75) is 6.54 Å². The lowest BCUT2D eigenvalue weighted by Gasteiger charge is -2.08. The maximum atomic E-state index is 13.2. The smallest absolute Gasteiger partial charge is 0.343 e. The van der Waals surface area contributed by atoms with Gasteiger partial charge in [-0.05, 0) is 17.7 Å². The van der Waals surface area contributed by atoms with Crippen LogP contribution in [0, 0.1) is 15.9 Å². The summed E-state index contributed by atoms with van der Waals surface area (Å²) in [6.45, 7) is -0.109. The third-order valence-corrected chi connectivity index (χ3v) is 2.93. The zero-order valence-corrected chi connectivity index (χ0v) is 11.5. The number of aromatic nitrogens is 1. The Kier molecular flexibility index (Phi) is 4.31. The summed E-state index contributed by atoms with van der Waals surface area (Å²) >= 11 is 0. The van der Waals surface area contributed by atoms with Crippen molar-refractivity contribution in [3.8, 4) is 0 Å². The number of pyridine rings is 1. The summed E-state index contributed by atoms with van der Waals surface area (Å²) in [5.74, 6) is -1.47. The molecular formula is C14H11FN2O5. The topological polar surface area (TPSA) is 91.4 Å². The molecular weight excluding hydrogens is 295 g/mol. The van der Waals surface area contributed by atoms with Crippen molar-refractivity contribution in [2.75, 3.05) is 7.11 Å². The fourth-order valence-corrected chi connectivity index (χ4v) is 1.93. The normalized spacial score (nSPS) is 10.3. The summed E-state index contributed by atoms with van der Waals surface area (Å²) in [6, 6.07) is 6.30. The Hall–Kier alpha value is -3.03. The van der Waals surface area contributed by atoms with Gasteiger partial charge in [0.15, 0.2) is 0 Å². The molecule has 0 radical (unpaired) electrons. The van der Waals surface area contributed by atoms with Crippen LogP contribution in [0.5, 0.6) is 0 Å². The first-order chi connectivity index (χ1) is 10.4. The van der Waals surface area contributed by atoms with E-state index in [0.29, 0.717) is 5.56 Å². The van der Waals surface area contributed by atoms with Crippen LogP contribution in [0.3, 0.4) is 0 Å². The second-order valence-electron chi connectivity index (χ2n) is 4.42. The van der Waals surface area contributed by atoms with E-state index in [1.807, 2.05) is 0 Å². The van der Waals surface area contributed by atoms with E-state index in [1.165, 1.54) is 18.2 Å². The van der Waals surface area contributed by atoms with Gasteiger partial charge in [0.2, 0.25) is 0 Å². The molecule has 7 nitrogen and oxygen atoms in total. The van der Waals surface area contributed by atoms with Crippen LogP contribution in [0.2, 0.25) is 0 Å². The van der Waals surface area contributed by atoms with Crippen molar-refractivity contribution in [3.63, 3.8) is 0 Å². The first-order valence-electron chi connectivity index (χ1n) is 6.14. The molecule has 2 aromatic rings. The zero-order valence-electron chi connectivity index (χ0n) is 11.5. The molecule has 0 spiro atoms. The average molecular weight is 306 g/mol. The van der Waals surface area contributed by atoms with Crippen LogP contribution in [-0.2, 0) is 11.3 Å². The van der Waals surface area contributed by atoms with Gasteiger partial charge in [0.05, 0.1) is 24.8 Å². The average Bonchev–Trinajstić information content (AvgIpc) is 2.48. The molecule has 2 rings (SSSR count). The highest BCUT2D eigenvalue weighted by Gasteiger charge is 2.19. The number of carbonyl (C=O) groups is 1. The maximum Gasteiger partial charge on any atom is 0.343 e. The number of benzene rings is 1. The first kappa shape index (κ1) is 15.4. The molecule has 22 heavy (non-hydrogen) atoms. The summed E-state index contributed by atoms with van der Waals surface area (Å²) < 4.78 is 18.6. The molecule has 0 saturated heterocycles. The molecule has 1 heterocycles. The fourth-order valence-electron chi connectivity index (χ4n) is 1.93. The summed E-state index contributed by atoms with van der Waals surface area (Å²) in [5.41, 5.74) is -1.20. The lowest BCUT2D eigenvalue weighted by molar-refractivity contribution is -0.385. The minimum atomic E-state index is -0.971. The molecule has 0 amide bonds. The Bertz CT molecular complexity index is 800. The second kappa shape index (κ2) is 6.17. The number of esters is 1. The van der Waals surface area contributed by atoms with Gasteiger partial charge in [0.1, 0.15) is 11.4 Å². The van der Waals surface area contributed by atoms with Gasteiger partial charge in [-0.25, -0.2) is 9.18 Å². The number of nitrogens with zero attached hydrogens (tertiary/aromatic N) is 2. The Morgan fingerprint density at radius 1 is 1.41 bits per heavy atom. The number of halogens is 1. The second-order valence-corrected chi connectivity index (χ2v) is 4.42. The lowest BCUT2D eigenvalue weighted by atomic mass is 10.2. The number of carbonyl (C=O) groups excluding carboxylic acids is 1. The van der Waals surface area contributed by atoms with Crippen LogP contribution in [-0.4, -0.2) is 22.6 Å². The molecule has 0 bridgehead atoms. The molecule has 0 saturated carbocycles. The number of ether oxygens (including phenoxy) is 1. The first-order valence-corrected chi connectivity index (χ1v) is 6.14. The fraction of sp³-hybridized carbons (Fsp3) is 0.143. The van der Waals surface area contributed by atoms with Crippen molar-refractivity contribution >= 4 is 11.7 Å². The Morgan fingerprint density at radius 3 is 2.73 bits per heavy atom. The Balaban J connectivity index is 2.54. The van der Waals surface area contributed by atoms with E-state index in [9.17, 15) is 24.1 Å². The van der Waals surface area contributed by atoms with Gasteiger partial charge in [0, 0.05) is 6.07 Å². The van der Waals surface area contributed by atoms with Crippen LogP contribution in [0.15, 0.2) is 41.3 Å². The molecule has 114 valence electrons. The molecule has 0 atom stereocenters. The SMILES string of the molecule is COC(=O)c1cc([N+](=O)[O-])cn(Cc2cccc(F)c2)c1=O. The van der Waals surface area contributed by atoms with E-state index in [0.717, 1.165) is 23.9 Å². The lowest BCUT2D eigenvalue weighted by Crippen LogP contribution is -2.27. The van der Waals surface area contributed by atoms with Crippen LogP contribution in [0.1, 0.15) is 15.9 Å². The van der Waals surface area contributed by atoms with Gasteiger partial charge < -0.3 is 9.30 Å². The standard InChI is InChI=1S/C14H11FN2O5/c1-22-14(19)12-6-11(17(20)21)8-16(13(12)18)7-9-3-2-4-10(15)5-9/h2-6,8H,7H2,1H3. The summed E-state index contributed by atoms with van der Waals surface area (Å²) in [7, 11) is 1.07. The molecule has 8 heteroatoms. The summed E-state index contributed by atoms with van der Waals surface area (Å²) in [6.07, 6.45) is 1.000. The Morgan fingerprint density at radius 2 is 2.14 bits per heavy atom. The van der Waals surface area contributed by atoms with E-state index < -0.39 is 33.5 Å². The van der Waals surface area contributed by atoms with Crippen LogP contribution in [0.25, 0.3) is 0 Å². The number of nitro groups is 1. The van der Waals surface area contributed by atoms with Crippen LogP contribution < -0.4 is 5.56 Å². The minimum absolute atomic E-state index is 0.109. The quantitative estimate of drug-likeness (QED) is 0.487. The van der Waals surface area contributed by atoms with E-state index in [-0.39, 0.29) is 6.54 Å². The largest absolute Gasteiger partial charge is 0.465 e.